The number of aryl methyl sites for hydroxylation is 2. The van der Waals surface area contributed by atoms with Gasteiger partial charge in [0.15, 0.2) is 5.82 Å². The number of pyridine rings is 1. The highest BCUT2D eigenvalue weighted by Gasteiger charge is 2.25. The minimum absolute atomic E-state index is 0.0120. The van der Waals surface area contributed by atoms with E-state index in [1.54, 1.807) is 10.9 Å². The van der Waals surface area contributed by atoms with Crippen molar-refractivity contribution in [1.29, 1.82) is 0 Å². The first-order chi connectivity index (χ1) is 15.5. The Morgan fingerprint density at radius 2 is 1.88 bits per heavy atom. The molecule has 0 spiro atoms. The van der Waals surface area contributed by atoms with Crippen LogP contribution < -0.4 is 0 Å². The molecule has 1 fully saturated rings. The third-order valence-electron chi connectivity index (χ3n) is 5.84. The molecule has 0 saturated carbocycles. The molecule has 7 heteroatoms. The van der Waals surface area contributed by atoms with Crippen molar-refractivity contribution in [3.05, 3.63) is 77.2 Å². The monoisotopic (exact) mass is 433 g/mol. The second-order valence-corrected chi connectivity index (χ2v) is 8.42. The summed E-state index contributed by atoms with van der Waals surface area (Å²) in [5.74, 6) is 0.699. The SMILES string of the molecule is Cc1cc(C)n(-c2ccc(C(=O)N(Cc3ccccc3)C(C)CN3CCOCC3)cn2)n1. The van der Waals surface area contributed by atoms with Gasteiger partial charge in [0.1, 0.15) is 0 Å². The molecule has 4 rings (SSSR count). The minimum atomic E-state index is -0.0120. The third kappa shape index (κ3) is 5.23. The van der Waals surface area contributed by atoms with E-state index >= 15 is 0 Å². The molecule has 3 aromatic rings. The average Bonchev–Trinajstić information content (AvgIpc) is 3.16. The van der Waals surface area contributed by atoms with Crippen molar-refractivity contribution in [3.63, 3.8) is 0 Å². The van der Waals surface area contributed by atoms with Gasteiger partial charge < -0.3 is 9.64 Å². The molecule has 1 aliphatic heterocycles. The Morgan fingerprint density at radius 3 is 2.50 bits per heavy atom. The van der Waals surface area contributed by atoms with Gasteiger partial charge in [0.25, 0.3) is 5.91 Å². The number of aromatic nitrogens is 3. The van der Waals surface area contributed by atoms with E-state index in [-0.39, 0.29) is 11.9 Å². The molecule has 168 valence electrons. The van der Waals surface area contributed by atoms with Gasteiger partial charge in [-0.25, -0.2) is 9.67 Å². The molecular formula is C25H31N5O2. The molecule has 1 amide bonds. The molecule has 0 N–H and O–H groups in total. The Kier molecular flexibility index (Phi) is 6.97. The number of hydrogen-bond donors (Lipinski definition) is 0. The van der Waals surface area contributed by atoms with Crippen molar-refractivity contribution >= 4 is 5.91 Å². The van der Waals surface area contributed by atoms with Crippen molar-refractivity contribution in [2.24, 2.45) is 0 Å². The molecule has 1 saturated heterocycles. The largest absolute Gasteiger partial charge is 0.379 e. The number of benzene rings is 1. The van der Waals surface area contributed by atoms with Gasteiger partial charge in [-0.3, -0.25) is 9.69 Å². The first kappa shape index (κ1) is 22.2. The first-order valence-corrected chi connectivity index (χ1v) is 11.2. The molecule has 3 heterocycles. The molecular weight excluding hydrogens is 402 g/mol. The van der Waals surface area contributed by atoms with Crippen LogP contribution in [0.5, 0.6) is 0 Å². The number of amides is 1. The predicted molar refractivity (Wildman–Crippen MR) is 124 cm³/mol. The lowest BCUT2D eigenvalue weighted by Crippen LogP contribution is -2.48. The van der Waals surface area contributed by atoms with Crippen LogP contribution in [-0.2, 0) is 11.3 Å². The highest BCUT2D eigenvalue weighted by atomic mass is 16.5. The number of nitrogens with zero attached hydrogens (tertiary/aromatic N) is 5. The fourth-order valence-corrected chi connectivity index (χ4v) is 4.13. The number of carbonyl (C=O) groups excluding carboxylic acids is 1. The van der Waals surface area contributed by atoms with Gasteiger partial charge in [0.05, 0.1) is 24.5 Å². The maximum absolute atomic E-state index is 13.6. The summed E-state index contributed by atoms with van der Waals surface area (Å²) in [6.45, 7) is 10.7. The third-order valence-corrected chi connectivity index (χ3v) is 5.84. The van der Waals surface area contributed by atoms with E-state index in [2.05, 4.69) is 34.0 Å². The van der Waals surface area contributed by atoms with Gasteiger partial charge in [0.2, 0.25) is 0 Å². The summed E-state index contributed by atoms with van der Waals surface area (Å²) < 4.78 is 7.27. The summed E-state index contributed by atoms with van der Waals surface area (Å²) in [6.07, 6.45) is 1.66. The zero-order chi connectivity index (χ0) is 22.5. The summed E-state index contributed by atoms with van der Waals surface area (Å²) in [5, 5.41) is 4.48. The predicted octanol–water partition coefficient (Wildman–Crippen LogP) is 3.25. The van der Waals surface area contributed by atoms with Crippen LogP contribution in [0.1, 0.15) is 34.2 Å². The Balaban J connectivity index is 1.55. The Labute approximate surface area is 189 Å². The van der Waals surface area contributed by atoms with Crippen LogP contribution in [0.25, 0.3) is 5.82 Å². The van der Waals surface area contributed by atoms with Gasteiger partial charge >= 0.3 is 0 Å². The molecule has 0 aliphatic carbocycles. The molecule has 32 heavy (non-hydrogen) atoms. The number of hydrogen-bond acceptors (Lipinski definition) is 5. The molecule has 1 unspecified atom stereocenters. The maximum Gasteiger partial charge on any atom is 0.256 e. The molecule has 1 aliphatic rings. The van der Waals surface area contributed by atoms with Gasteiger partial charge in [-0.15, -0.1) is 0 Å². The van der Waals surface area contributed by atoms with Crippen molar-refractivity contribution in [2.45, 2.75) is 33.4 Å². The van der Waals surface area contributed by atoms with Crippen molar-refractivity contribution in [1.82, 2.24) is 24.6 Å². The fourth-order valence-electron chi connectivity index (χ4n) is 4.13. The van der Waals surface area contributed by atoms with Crippen LogP contribution in [0.2, 0.25) is 0 Å². The normalized spacial score (nSPS) is 15.5. The van der Waals surface area contributed by atoms with E-state index in [1.165, 1.54) is 0 Å². The smallest absolute Gasteiger partial charge is 0.256 e. The summed E-state index contributed by atoms with van der Waals surface area (Å²) >= 11 is 0. The van der Waals surface area contributed by atoms with E-state index in [4.69, 9.17) is 4.74 Å². The van der Waals surface area contributed by atoms with E-state index in [0.717, 1.165) is 49.8 Å². The molecule has 2 aromatic heterocycles. The van der Waals surface area contributed by atoms with Gasteiger partial charge in [-0.1, -0.05) is 30.3 Å². The Bertz CT molecular complexity index is 1030. The van der Waals surface area contributed by atoms with Gasteiger partial charge in [0, 0.05) is 44.1 Å². The van der Waals surface area contributed by atoms with E-state index in [9.17, 15) is 4.79 Å². The van der Waals surface area contributed by atoms with Gasteiger partial charge in [-0.05, 0) is 44.5 Å². The van der Waals surface area contributed by atoms with Crippen LogP contribution in [0.3, 0.4) is 0 Å². The second kappa shape index (κ2) is 10.1. The topological polar surface area (TPSA) is 63.5 Å². The minimum Gasteiger partial charge on any atom is -0.379 e. The van der Waals surface area contributed by atoms with Crippen molar-refractivity contribution in [3.8, 4) is 5.82 Å². The number of ether oxygens (including phenoxy) is 1. The van der Waals surface area contributed by atoms with E-state index in [0.29, 0.717) is 17.9 Å². The lowest BCUT2D eigenvalue weighted by Gasteiger charge is -2.35. The van der Waals surface area contributed by atoms with Gasteiger partial charge in [-0.2, -0.15) is 5.10 Å². The zero-order valence-electron chi connectivity index (χ0n) is 19.1. The molecule has 0 bridgehead atoms. The van der Waals surface area contributed by atoms with E-state index < -0.39 is 0 Å². The zero-order valence-corrected chi connectivity index (χ0v) is 19.1. The van der Waals surface area contributed by atoms with Crippen LogP contribution in [0.15, 0.2) is 54.7 Å². The van der Waals surface area contributed by atoms with Crippen LogP contribution in [-0.4, -0.2) is 69.4 Å². The molecule has 1 atom stereocenters. The summed E-state index contributed by atoms with van der Waals surface area (Å²) in [6, 6.07) is 15.9. The van der Waals surface area contributed by atoms with E-state index in [1.807, 2.05) is 55.1 Å². The summed E-state index contributed by atoms with van der Waals surface area (Å²) in [4.78, 5) is 22.4. The Morgan fingerprint density at radius 1 is 1.12 bits per heavy atom. The van der Waals surface area contributed by atoms with Crippen molar-refractivity contribution in [2.75, 3.05) is 32.8 Å². The molecule has 7 nitrogen and oxygen atoms in total. The number of carbonyl (C=O) groups is 1. The standard InChI is InChI=1S/C25H31N5O2/c1-19-15-20(2)30(27-19)24-10-9-23(16-26-24)25(31)29(18-22-7-5-4-6-8-22)21(3)17-28-11-13-32-14-12-28/h4-10,15-16,21H,11-14,17-18H2,1-3H3. The quantitative estimate of drug-likeness (QED) is 0.572. The number of morpholine rings is 1. The lowest BCUT2D eigenvalue weighted by atomic mass is 10.1. The molecule has 0 radical (unpaired) electrons. The summed E-state index contributed by atoms with van der Waals surface area (Å²) in [5.41, 5.74) is 3.65. The fraction of sp³-hybridized carbons (Fsp3) is 0.400. The maximum atomic E-state index is 13.6. The van der Waals surface area contributed by atoms with Crippen LogP contribution >= 0.6 is 0 Å². The van der Waals surface area contributed by atoms with Crippen LogP contribution in [0, 0.1) is 13.8 Å². The second-order valence-electron chi connectivity index (χ2n) is 8.42. The van der Waals surface area contributed by atoms with Crippen LogP contribution in [0.4, 0.5) is 0 Å². The Hall–Kier alpha value is -3.03. The first-order valence-electron chi connectivity index (χ1n) is 11.2. The highest BCUT2D eigenvalue weighted by Crippen LogP contribution is 2.16. The summed E-state index contributed by atoms with van der Waals surface area (Å²) in [7, 11) is 0. The van der Waals surface area contributed by atoms with Crippen molar-refractivity contribution < 1.29 is 9.53 Å². The highest BCUT2D eigenvalue weighted by molar-refractivity contribution is 5.94. The lowest BCUT2D eigenvalue weighted by molar-refractivity contribution is 0.0228. The molecule has 1 aromatic carbocycles. The average molecular weight is 434 g/mol. The number of rotatable bonds is 7.